The number of carbonyl (C=O) groups excluding carboxylic acids is 3. The predicted octanol–water partition coefficient (Wildman–Crippen LogP) is -1.85. The summed E-state index contributed by atoms with van der Waals surface area (Å²) in [5.74, 6) is -3.83. The summed E-state index contributed by atoms with van der Waals surface area (Å²) in [6.07, 6.45) is -6.74. The molecule has 10 N–H and O–H groups in total. The van der Waals surface area contributed by atoms with Crippen molar-refractivity contribution in [3.8, 4) is 0 Å². The van der Waals surface area contributed by atoms with E-state index in [2.05, 4.69) is 16.0 Å². The highest BCUT2D eigenvalue weighted by molar-refractivity contribution is 5.91. The van der Waals surface area contributed by atoms with E-state index in [1.165, 1.54) is 13.8 Å². The maximum atomic E-state index is 12.9. The van der Waals surface area contributed by atoms with Gasteiger partial charge in [0.1, 0.15) is 18.2 Å². The maximum absolute atomic E-state index is 12.9. The van der Waals surface area contributed by atoms with Crippen molar-refractivity contribution in [2.75, 3.05) is 6.61 Å². The van der Waals surface area contributed by atoms with Gasteiger partial charge in [0.25, 0.3) is 5.91 Å². The molecule has 0 aliphatic heterocycles. The van der Waals surface area contributed by atoms with E-state index >= 15 is 0 Å². The fraction of sp³-hybridized carbons (Fsp3) is 0.600. The van der Waals surface area contributed by atoms with Crippen LogP contribution in [0.15, 0.2) is 30.3 Å². The number of hydrogen-bond donors (Lipinski definition) is 9. The molecule has 0 aliphatic rings. The van der Waals surface area contributed by atoms with Crippen LogP contribution in [0.25, 0.3) is 0 Å². The lowest BCUT2D eigenvalue weighted by molar-refractivity contribution is -0.145. The van der Waals surface area contributed by atoms with E-state index in [9.17, 15) is 44.7 Å². The van der Waals surface area contributed by atoms with E-state index in [1.807, 2.05) is 13.8 Å². The van der Waals surface area contributed by atoms with E-state index in [4.69, 9.17) is 5.73 Å². The summed E-state index contributed by atoms with van der Waals surface area (Å²) in [7, 11) is 0. The maximum Gasteiger partial charge on any atom is 0.305 e. The Morgan fingerprint density at radius 1 is 0.921 bits per heavy atom. The molecular formula is C25H40N4O9. The van der Waals surface area contributed by atoms with Gasteiger partial charge in [-0.25, -0.2) is 0 Å². The summed E-state index contributed by atoms with van der Waals surface area (Å²) >= 11 is 0. The quantitative estimate of drug-likeness (QED) is 0.120. The SMILES string of the molecule is CC(C)CC(NC(=O)C(C)(C)N)C(=O)NC(CO)C(O)C(O)C(O)C(=O)NC(CC(=O)O)c1ccccc1. The Labute approximate surface area is 221 Å². The number of aliphatic hydroxyl groups excluding tert-OH is 4. The van der Waals surface area contributed by atoms with Crippen molar-refractivity contribution in [1.82, 2.24) is 16.0 Å². The molecule has 0 heterocycles. The monoisotopic (exact) mass is 540 g/mol. The molecule has 0 radical (unpaired) electrons. The molecule has 214 valence electrons. The predicted molar refractivity (Wildman–Crippen MR) is 136 cm³/mol. The second-order valence-electron chi connectivity index (χ2n) is 10.2. The second kappa shape index (κ2) is 14.7. The van der Waals surface area contributed by atoms with Gasteiger partial charge in [-0.2, -0.15) is 0 Å². The Balaban J connectivity index is 2.96. The lowest BCUT2D eigenvalue weighted by atomic mass is 9.97. The van der Waals surface area contributed by atoms with E-state index in [1.54, 1.807) is 30.3 Å². The van der Waals surface area contributed by atoms with Gasteiger partial charge in [0.15, 0.2) is 6.10 Å². The van der Waals surface area contributed by atoms with E-state index in [0.29, 0.717) is 5.56 Å². The zero-order valence-corrected chi connectivity index (χ0v) is 22.0. The molecule has 0 fully saturated rings. The van der Waals surface area contributed by atoms with Gasteiger partial charge in [-0.3, -0.25) is 19.2 Å². The Hall–Kier alpha value is -3.10. The van der Waals surface area contributed by atoms with Crippen molar-refractivity contribution in [3.05, 3.63) is 35.9 Å². The normalized spacial score (nSPS) is 16.5. The van der Waals surface area contributed by atoms with Crippen molar-refractivity contribution < 1.29 is 44.7 Å². The largest absolute Gasteiger partial charge is 0.481 e. The molecule has 38 heavy (non-hydrogen) atoms. The number of carbonyl (C=O) groups is 4. The van der Waals surface area contributed by atoms with Gasteiger partial charge >= 0.3 is 5.97 Å². The number of hydrogen-bond acceptors (Lipinski definition) is 9. The highest BCUT2D eigenvalue weighted by Gasteiger charge is 2.38. The third-order valence-corrected chi connectivity index (χ3v) is 5.69. The second-order valence-corrected chi connectivity index (χ2v) is 10.2. The number of carboxylic acids is 1. The molecule has 1 aromatic rings. The molecule has 0 aromatic heterocycles. The van der Waals surface area contributed by atoms with Crippen LogP contribution >= 0.6 is 0 Å². The number of nitrogens with two attached hydrogens (primary N) is 1. The first-order valence-electron chi connectivity index (χ1n) is 12.2. The first kappa shape index (κ1) is 32.9. The van der Waals surface area contributed by atoms with Gasteiger partial charge in [-0.05, 0) is 31.7 Å². The number of aliphatic carboxylic acids is 1. The summed E-state index contributed by atoms with van der Waals surface area (Å²) in [5.41, 5.74) is 4.93. The van der Waals surface area contributed by atoms with Gasteiger partial charge in [0, 0.05) is 0 Å². The molecule has 0 bridgehead atoms. The molecule has 1 aromatic carbocycles. The average molecular weight is 541 g/mol. The highest BCUT2D eigenvalue weighted by atomic mass is 16.4. The molecule has 0 saturated carbocycles. The summed E-state index contributed by atoms with van der Waals surface area (Å²) in [6, 6.07) is 4.44. The number of nitrogens with one attached hydrogen (secondary N) is 3. The minimum absolute atomic E-state index is 0.0380. The lowest BCUT2D eigenvalue weighted by Crippen LogP contribution is -2.61. The van der Waals surface area contributed by atoms with Crippen LogP contribution in [0.1, 0.15) is 52.1 Å². The van der Waals surface area contributed by atoms with E-state index in [0.717, 1.165) is 0 Å². The van der Waals surface area contributed by atoms with Gasteiger partial charge in [-0.1, -0.05) is 44.2 Å². The van der Waals surface area contributed by atoms with Crippen molar-refractivity contribution in [2.45, 2.75) is 82.5 Å². The van der Waals surface area contributed by atoms with Crippen molar-refractivity contribution in [3.63, 3.8) is 0 Å². The molecule has 13 heteroatoms. The molecule has 6 unspecified atom stereocenters. The van der Waals surface area contributed by atoms with Crippen molar-refractivity contribution >= 4 is 23.7 Å². The van der Waals surface area contributed by atoms with Crippen LogP contribution in [0.5, 0.6) is 0 Å². The van der Waals surface area contributed by atoms with E-state index < -0.39 is 78.7 Å². The van der Waals surface area contributed by atoms with Gasteiger partial charge in [0.2, 0.25) is 11.8 Å². The molecular weight excluding hydrogens is 500 g/mol. The summed E-state index contributed by atoms with van der Waals surface area (Å²) in [5, 5.41) is 57.4. The van der Waals surface area contributed by atoms with Crippen LogP contribution in [0, 0.1) is 5.92 Å². The van der Waals surface area contributed by atoms with Crippen LogP contribution in [-0.4, -0.2) is 91.8 Å². The van der Waals surface area contributed by atoms with Crippen molar-refractivity contribution in [2.24, 2.45) is 11.7 Å². The first-order valence-corrected chi connectivity index (χ1v) is 12.2. The Bertz CT molecular complexity index is 937. The zero-order chi connectivity index (χ0) is 29.2. The van der Waals surface area contributed by atoms with Gasteiger partial charge in [0.05, 0.1) is 30.7 Å². The molecule has 0 spiro atoms. The fourth-order valence-corrected chi connectivity index (χ4v) is 3.52. The minimum atomic E-state index is -2.24. The molecule has 6 atom stereocenters. The van der Waals surface area contributed by atoms with Crippen molar-refractivity contribution in [1.29, 1.82) is 0 Å². The summed E-state index contributed by atoms with van der Waals surface area (Å²) in [6.45, 7) is 5.65. The molecule has 0 saturated heterocycles. The van der Waals surface area contributed by atoms with Crippen LogP contribution < -0.4 is 21.7 Å². The summed E-state index contributed by atoms with van der Waals surface area (Å²) < 4.78 is 0. The van der Waals surface area contributed by atoms with Crippen LogP contribution in [0.3, 0.4) is 0 Å². The highest BCUT2D eigenvalue weighted by Crippen LogP contribution is 2.18. The topological polar surface area (TPSA) is 232 Å². The Morgan fingerprint density at radius 3 is 1.97 bits per heavy atom. The smallest absolute Gasteiger partial charge is 0.305 e. The fourth-order valence-electron chi connectivity index (χ4n) is 3.52. The molecule has 0 aliphatic carbocycles. The summed E-state index contributed by atoms with van der Waals surface area (Å²) in [4.78, 5) is 49.0. The third kappa shape index (κ3) is 10.3. The van der Waals surface area contributed by atoms with Crippen LogP contribution in [-0.2, 0) is 19.2 Å². The Kier molecular flexibility index (Phi) is 12.8. The number of aliphatic hydroxyl groups is 4. The standard InChI is InChI=1S/C25H40N4O9/c1-13(2)10-16(29-24(38)25(3,4)26)22(36)28-17(12-30)19(33)20(34)21(35)23(37)27-15(11-18(31)32)14-8-6-5-7-9-14/h5-9,13,15-17,19-21,30,33-35H,10-12,26H2,1-4H3,(H,27,37)(H,28,36)(H,29,38)(H,31,32). The molecule has 13 nitrogen and oxygen atoms in total. The van der Waals surface area contributed by atoms with Gasteiger partial charge in [-0.15, -0.1) is 0 Å². The number of carboxylic acid groups (broad SMARTS) is 1. The zero-order valence-electron chi connectivity index (χ0n) is 22.0. The Morgan fingerprint density at radius 2 is 1.50 bits per heavy atom. The lowest BCUT2D eigenvalue weighted by Gasteiger charge is -2.31. The third-order valence-electron chi connectivity index (χ3n) is 5.69. The van der Waals surface area contributed by atoms with E-state index in [-0.39, 0.29) is 12.3 Å². The average Bonchev–Trinajstić information content (AvgIpc) is 2.84. The number of rotatable bonds is 15. The van der Waals surface area contributed by atoms with Gasteiger partial charge < -0.3 is 47.2 Å². The molecule has 3 amide bonds. The number of benzene rings is 1. The van der Waals surface area contributed by atoms with Crippen LogP contribution in [0.2, 0.25) is 0 Å². The molecule has 1 rings (SSSR count). The first-order chi connectivity index (χ1) is 17.6. The number of amides is 3. The minimum Gasteiger partial charge on any atom is -0.481 e. The van der Waals surface area contributed by atoms with Crippen LogP contribution in [0.4, 0.5) is 0 Å².